The first-order valence-corrected chi connectivity index (χ1v) is 10.1. The van der Waals surface area contributed by atoms with Crippen molar-refractivity contribution in [1.29, 1.82) is 0 Å². The molecule has 3 rings (SSSR count). The van der Waals surface area contributed by atoms with Gasteiger partial charge in [0.25, 0.3) is 5.91 Å². The topological polar surface area (TPSA) is 66.5 Å². The van der Waals surface area contributed by atoms with E-state index in [1.807, 2.05) is 30.0 Å². The second kappa shape index (κ2) is 7.27. The van der Waals surface area contributed by atoms with Crippen LogP contribution in [0.2, 0.25) is 0 Å². The van der Waals surface area contributed by atoms with Crippen LogP contribution in [-0.2, 0) is 23.0 Å². The van der Waals surface area contributed by atoms with Crippen LogP contribution in [0.15, 0.2) is 48.5 Å². The maximum atomic E-state index is 12.8. The summed E-state index contributed by atoms with van der Waals surface area (Å²) in [5.74, 6) is -0.0142. The summed E-state index contributed by atoms with van der Waals surface area (Å²) in [4.78, 5) is 14.6. The molecule has 25 heavy (non-hydrogen) atoms. The third-order valence-corrected chi connectivity index (χ3v) is 5.77. The summed E-state index contributed by atoms with van der Waals surface area (Å²) in [6.45, 7) is 3.07. The highest BCUT2D eigenvalue weighted by molar-refractivity contribution is 7.92. The maximum Gasteiger partial charge on any atom is 0.254 e. The molecule has 0 saturated heterocycles. The van der Waals surface area contributed by atoms with Crippen molar-refractivity contribution in [3.8, 4) is 0 Å². The Morgan fingerprint density at radius 2 is 1.88 bits per heavy atom. The van der Waals surface area contributed by atoms with Crippen LogP contribution >= 0.6 is 0 Å². The van der Waals surface area contributed by atoms with Crippen molar-refractivity contribution in [2.45, 2.75) is 26.3 Å². The fourth-order valence-corrected chi connectivity index (χ4v) is 4.19. The highest BCUT2D eigenvalue weighted by Crippen LogP contribution is 2.21. The summed E-state index contributed by atoms with van der Waals surface area (Å²) in [7, 11) is -3.37. The number of benzene rings is 2. The summed E-state index contributed by atoms with van der Waals surface area (Å²) in [5, 5.41) is 0. The highest BCUT2D eigenvalue weighted by atomic mass is 32.2. The first-order valence-electron chi connectivity index (χ1n) is 8.45. The van der Waals surface area contributed by atoms with Gasteiger partial charge in [-0.1, -0.05) is 37.3 Å². The number of sulfonamides is 1. The molecule has 0 bridgehead atoms. The Balaban J connectivity index is 1.76. The minimum Gasteiger partial charge on any atom is -0.334 e. The van der Waals surface area contributed by atoms with Crippen LogP contribution in [0.1, 0.15) is 34.8 Å². The predicted molar refractivity (Wildman–Crippen MR) is 99.0 cm³/mol. The number of rotatable bonds is 5. The molecular formula is C19H22N2O3S. The van der Waals surface area contributed by atoms with Crippen molar-refractivity contribution in [3.05, 3.63) is 65.2 Å². The van der Waals surface area contributed by atoms with Gasteiger partial charge in [-0.15, -0.1) is 0 Å². The fraction of sp³-hybridized carbons (Fsp3) is 0.316. The molecule has 1 aliphatic heterocycles. The minimum atomic E-state index is -3.37. The number of hydrogen-bond acceptors (Lipinski definition) is 3. The Morgan fingerprint density at radius 1 is 1.12 bits per heavy atom. The van der Waals surface area contributed by atoms with E-state index in [-0.39, 0.29) is 11.7 Å². The van der Waals surface area contributed by atoms with Crippen LogP contribution in [0, 0.1) is 0 Å². The van der Waals surface area contributed by atoms with Crippen molar-refractivity contribution in [2.24, 2.45) is 0 Å². The third kappa shape index (κ3) is 4.20. The Bertz CT molecular complexity index is 878. The van der Waals surface area contributed by atoms with Crippen molar-refractivity contribution in [3.63, 3.8) is 0 Å². The van der Waals surface area contributed by atoms with Gasteiger partial charge in [-0.3, -0.25) is 9.52 Å². The fourth-order valence-electron chi connectivity index (χ4n) is 3.07. The van der Waals surface area contributed by atoms with E-state index < -0.39 is 10.0 Å². The molecule has 2 aromatic carbocycles. The smallest absolute Gasteiger partial charge is 0.254 e. The van der Waals surface area contributed by atoms with Gasteiger partial charge >= 0.3 is 0 Å². The average Bonchev–Trinajstić information content (AvgIpc) is 2.60. The molecule has 0 spiro atoms. The van der Waals surface area contributed by atoms with Gasteiger partial charge < -0.3 is 4.90 Å². The number of carbonyl (C=O) groups is 1. The van der Waals surface area contributed by atoms with E-state index in [2.05, 4.69) is 10.8 Å². The lowest BCUT2D eigenvalue weighted by molar-refractivity contribution is 0.0734. The Kier molecular flexibility index (Phi) is 5.08. The highest BCUT2D eigenvalue weighted by Gasteiger charge is 2.22. The number of hydrogen-bond donors (Lipinski definition) is 1. The third-order valence-electron chi connectivity index (χ3n) is 4.27. The number of amides is 1. The van der Waals surface area contributed by atoms with Crippen LogP contribution < -0.4 is 4.72 Å². The Morgan fingerprint density at radius 3 is 2.64 bits per heavy atom. The van der Waals surface area contributed by atoms with E-state index in [1.54, 1.807) is 24.3 Å². The molecule has 0 saturated carbocycles. The summed E-state index contributed by atoms with van der Waals surface area (Å²) in [6, 6.07) is 14.8. The molecule has 132 valence electrons. The molecule has 0 aliphatic carbocycles. The van der Waals surface area contributed by atoms with Crippen LogP contribution in [0.5, 0.6) is 0 Å². The monoisotopic (exact) mass is 358 g/mol. The Hall–Kier alpha value is -2.34. The van der Waals surface area contributed by atoms with Crippen molar-refractivity contribution < 1.29 is 13.2 Å². The summed E-state index contributed by atoms with van der Waals surface area (Å²) in [6.07, 6.45) is 1.38. The quantitative estimate of drug-likeness (QED) is 0.893. The molecule has 0 aromatic heterocycles. The second-order valence-electron chi connectivity index (χ2n) is 6.25. The van der Waals surface area contributed by atoms with Crippen molar-refractivity contribution in [1.82, 2.24) is 4.90 Å². The number of nitrogens with one attached hydrogen (secondary N) is 1. The van der Waals surface area contributed by atoms with E-state index in [1.165, 1.54) is 11.1 Å². The number of carbonyl (C=O) groups excluding carboxylic acids is 1. The summed E-state index contributed by atoms with van der Waals surface area (Å²) >= 11 is 0. The maximum absolute atomic E-state index is 12.8. The van der Waals surface area contributed by atoms with Gasteiger partial charge in [0, 0.05) is 24.3 Å². The van der Waals surface area contributed by atoms with E-state index in [0.717, 1.165) is 6.42 Å². The molecule has 0 fully saturated rings. The number of fused-ring (bicyclic) bond motifs is 1. The average molecular weight is 358 g/mol. The van der Waals surface area contributed by atoms with Crippen LogP contribution in [0.25, 0.3) is 0 Å². The Labute approximate surface area is 148 Å². The summed E-state index contributed by atoms with van der Waals surface area (Å²) < 4.78 is 26.4. The van der Waals surface area contributed by atoms with Gasteiger partial charge in [0.1, 0.15) is 0 Å². The molecular weight excluding hydrogens is 336 g/mol. The molecule has 5 nitrogen and oxygen atoms in total. The van der Waals surface area contributed by atoms with Crippen molar-refractivity contribution in [2.75, 3.05) is 17.0 Å². The largest absolute Gasteiger partial charge is 0.334 e. The van der Waals surface area contributed by atoms with Crippen LogP contribution in [0.4, 0.5) is 5.69 Å². The number of nitrogens with zero attached hydrogens (tertiary/aromatic N) is 1. The van der Waals surface area contributed by atoms with E-state index >= 15 is 0 Å². The van der Waals surface area contributed by atoms with Gasteiger partial charge in [0.2, 0.25) is 10.0 Å². The van der Waals surface area contributed by atoms with Gasteiger partial charge in [0.15, 0.2) is 0 Å². The van der Waals surface area contributed by atoms with Gasteiger partial charge in [-0.05, 0) is 42.2 Å². The molecule has 0 unspecified atom stereocenters. The van der Waals surface area contributed by atoms with Gasteiger partial charge in [-0.25, -0.2) is 8.42 Å². The zero-order valence-electron chi connectivity index (χ0n) is 14.2. The lowest BCUT2D eigenvalue weighted by Crippen LogP contribution is -2.35. The molecule has 1 N–H and O–H groups in total. The molecule has 0 atom stereocenters. The van der Waals surface area contributed by atoms with E-state index in [4.69, 9.17) is 0 Å². The standard InChI is InChI=1S/C19H22N2O3S/c1-2-12-25(23,24)20-18-9-5-8-16(13-18)19(22)21-11-10-15-6-3-4-7-17(15)14-21/h3-9,13,20H,2,10-12,14H2,1H3. The van der Waals surface area contributed by atoms with E-state index in [9.17, 15) is 13.2 Å². The zero-order chi connectivity index (χ0) is 17.9. The summed E-state index contributed by atoms with van der Waals surface area (Å²) in [5.41, 5.74) is 3.38. The van der Waals surface area contributed by atoms with Gasteiger partial charge in [0.05, 0.1) is 5.75 Å². The first-order chi connectivity index (χ1) is 12.0. The first kappa shape index (κ1) is 17.5. The minimum absolute atomic E-state index is 0.0636. The van der Waals surface area contributed by atoms with E-state index in [0.29, 0.717) is 30.8 Å². The molecule has 6 heteroatoms. The lowest BCUT2D eigenvalue weighted by atomic mass is 9.99. The molecule has 1 aliphatic rings. The molecule has 1 heterocycles. The van der Waals surface area contributed by atoms with Crippen LogP contribution in [0.3, 0.4) is 0 Å². The molecule has 0 radical (unpaired) electrons. The van der Waals surface area contributed by atoms with Gasteiger partial charge in [-0.2, -0.15) is 0 Å². The van der Waals surface area contributed by atoms with Crippen LogP contribution in [-0.4, -0.2) is 31.5 Å². The predicted octanol–water partition coefficient (Wildman–Crippen LogP) is 3.04. The lowest BCUT2D eigenvalue weighted by Gasteiger charge is -2.29. The SMILES string of the molecule is CCCS(=O)(=O)Nc1cccc(C(=O)N2CCc3ccccc3C2)c1. The molecule has 1 amide bonds. The normalized spacial score (nSPS) is 14.0. The van der Waals surface area contributed by atoms with Crippen molar-refractivity contribution >= 4 is 21.6 Å². The molecule has 2 aromatic rings. The second-order valence-corrected chi connectivity index (χ2v) is 8.09. The number of anilines is 1. The zero-order valence-corrected chi connectivity index (χ0v) is 15.1.